The number of unbranched alkanes of at least 4 members (excludes halogenated alkanes) is 1. The van der Waals surface area contributed by atoms with Gasteiger partial charge in [0.15, 0.2) is 5.78 Å². The Hall–Kier alpha value is -3.47. The molecular formula is C25H25N3O2. The Morgan fingerprint density at radius 1 is 1.17 bits per heavy atom. The van der Waals surface area contributed by atoms with Gasteiger partial charge >= 0.3 is 0 Å². The number of hydrogen-bond donors (Lipinski definition) is 1. The maximum Gasteiger partial charge on any atom is 0.230 e. The Morgan fingerprint density at radius 3 is 2.93 bits per heavy atom. The van der Waals surface area contributed by atoms with Crippen molar-refractivity contribution in [1.82, 2.24) is 9.97 Å². The number of aromatic nitrogens is 2. The van der Waals surface area contributed by atoms with Crippen LogP contribution in [0.25, 0.3) is 6.08 Å². The number of nitrogens with one attached hydrogen (secondary N) is 1. The molecule has 0 fully saturated rings. The third kappa shape index (κ3) is 4.74. The number of allylic oxidation sites excluding steroid dienone is 1. The predicted molar refractivity (Wildman–Crippen MR) is 119 cm³/mol. The van der Waals surface area contributed by atoms with Gasteiger partial charge in [-0.15, -0.1) is 0 Å². The Balaban J connectivity index is 1.47. The molecule has 0 unspecified atom stereocenters. The van der Waals surface area contributed by atoms with Gasteiger partial charge in [-0.1, -0.05) is 43.2 Å². The molecule has 1 aliphatic rings. The van der Waals surface area contributed by atoms with Gasteiger partial charge in [0.25, 0.3) is 0 Å². The molecule has 0 atom stereocenters. The summed E-state index contributed by atoms with van der Waals surface area (Å²) >= 11 is 0. The molecule has 0 saturated heterocycles. The molecule has 0 bridgehead atoms. The van der Waals surface area contributed by atoms with Gasteiger partial charge in [0.1, 0.15) is 5.75 Å². The zero-order valence-corrected chi connectivity index (χ0v) is 17.3. The lowest BCUT2D eigenvalue weighted by atomic mass is 10.1. The van der Waals surface area contributed by atoms with Crippen LogP contribution in [-0.4, -0.2) is 15.8 Å². The molecule has 1 N–H and O–H groups in total. The monoisotopic (exact) mass is 399 g/mol. The van der Waals surface area contributed by atoms with Crippen LogP contribution in [-0.2, 0) is 6.42 Å². The first-order valence-electron chi connectivity index (χ1n) is 10.3. The molecule has 0 spiro atoms. The Bertz CT molecular complexity index is 1110. The molecule has 0 amide bonds. The van der Waals surface area contributed by atoms with Crippen LogP contribution in [0.1, 0.15) is 54.6 Å². The fraction of sp³-hybridized carbons (Fsp3) is 0.240. The van der Waals surface area contributed by atoms with E-state index >= 15 is 0 Å². The second kappa shape index (κ2) is 8.91. The van der Waals surface area contributed by atoms with Gasteiger partial charge in [0, 0.05) is 29.9 Å². The zero-order valence-electron chi connectivity index (χ0n) is 17.3. The van der Waals surface area contributed by atoms with Gasteiger partial charge in [0.05, 0.1) is 0 Å². The molecule has 1 aliphatic carbocycles. The van der Waals surface area contributed by atoms with Gasteiger partial charge in [-0.3, -0.25) is 4.79 Å². The van der Waals surface area contributed by atoms with Crippen molar-refractivity contribution >= 4 is 23.5 Å². The van der Waals surface area contributed by atoms with Crippen LogP contribution in [0.2, 0.25) is 0 Å². The molecule has 152 valence electrons. The van der Waals surface area contributed by atoms with E-state index in [0.717, 1.165) is 30.7 Å². The van der Waals surface area contributed by atoms with Crippen LogP contribution in [0.5, 0.6) is 11.6 Å². The number of carbonyl (C=O) groups is 1. The van der Waals surface area contributed by atoms with Crippen molar-refractivity contribution in [3.05, 3.63) is 77.0 Å². The lowest BCUT2D eigenvalue weighted by Crippen LogP contribution is -2.02. The summed E-state index contributed by atoms with van der Waals surface area (Å²) in [5, 5.41) is 3.16. The van der Waals surface area contributed by atoms with Gasteiger partial charge in [-0.05, 0) is 55.2 Å². The summed E-state index contributed by atoms with van der Waals surface area (Å²) < 4.78 is 5.95. The van der Waals surface area contributed by atoms with E-state index in [0.29, 0.717) is 23.8 Å². The smallest absolute Gasteiger partial charge is 0.230 e. The molecule has 30 heavy (non-hydrogen) atoms. The van der Waals surface area contributed by atoms with Crippen LogP contribution in [0.3, 0.4) is 0 Å². The largest absolute Gasteiger partial charge is 0.439 e. The van der Waals surface area contributed by atoms with E-state index in [1.165, 1.54) is 16.7 Å². The molecule has 1 aromatic heterocycles. The number of rotatable bonds is 8. The molecule has 3 aromatic rings. The first kappa shape index (κ1) is 19.8. The summed E-state index contributed by atoms with van der Waals surface area (Å²) in [4.78, 5) is 21.0. The molecule has 0 saturated carbocycles. The SMILES string of the molecule is CCCCC(=O)c1cccc(Nc2nccc(Oc3ccc4c(c3)C=C(C)C4)n2)c1. The van der Waals surface area contributed by atoms with Gasteiger partial charge < -0.3 is 10.1 Å². The summed E-state index contributed by atoms with van der Waals surface area (Å²) in [7, 11) is 0. The Morgan fingerprint density at radius 2 is 2.07 bits per heavy atom. The molecule has 4 rings (SSSR count). The van der Waals surface area contributed by atoms with Crippen molar-refractivity contribution in [2.75, 3.05) is 5.32 Å². The van der Waals surface area contributed by atoms with Crippen molar-refractivity contribution in [2.24, 2.45) is 0 Å². The number of benzene rings is 2. The first-order chi connectivity index (χ1) is 14.6. The van der Waals surface area contributed by atoms with E-state index < -0.39 is 0 Å². The number of anilines is 2. The molecule has 0 aliphatic heterocycles. The number of carbonyl (C=O) groups excluding carboxylic acids is 1. The van der Waals surface area contributed by atoms with Crippen molar-refractivity contribution in [1.29, 1.82) is 0 Å². The lowest BCUT2D eigenvalue weighted by Gasteiger charge is -2.09. The highest BCUT2D eigenvalue weighted by Gasteiger charge is 2.11. The van der Waals surface area contributed by atoms with Gasteiger partial charge in [-0.25, -0.2) is 4.98 Å². The molecule has 2 aromatic carbocycles. The molecule has 1 heterocycles. The van der Waals surface area contributed by atoms with Crippen LogP contribution in [0.15, 0.2) is 60.3 Å². The molecule has 5 heteroatoms. The van der Waals surface area contributed by atoms with Crippen LogP contribution in [0.4, 0.5) is 11.6 Å². The van der Waals surface area contributed by atoms with Crippen molar-refractivity contribution in [3.63, 3.8) is 0 Å². The minimum Gasteiger partial charge on any atom is -0.439 e. The second-order valence-corrected chi connectivity index (χ2v) is 7.58. The van der Waals surface area contributed by atoms with Crippen LogP contribution in [0, 0.1) is 0 Å². The number of nitrogens with zero attached hydrogens (tertiary/aromatic N) is 2. The topological polar surface area (TPSA) is 64.1 Å². The summed E-state index contributed by atoms with van der Waals surface area (Å²) in [5.41, 5.74) is 5.33. The molecule has 0 radical (unpaired) electrons. The Kier molecular flexibility index (Phi) is 5.89. The molecule has 5 nitrogen and oxygen atoms in total. The van der Waals surface area contributed by atoms with E-state index in [1.807, 2.05) is 36.4 Å². The number of ketones is 1. The highest BCUT2D eigenvalue weighted by molar-refractivity contribution is 5.97. The highest BCUT2D eigenvalue weighted by Crippen LogP contribution is 2.30. The average Bonchev–Trinajstić information content (AvgIpc) is 3.12. The van der Waals surface area contributed by atoms with Crippen LogP contribution < -0.4 is 10.1 Å². The standard InChI is InChI=1S/C25H25N3O2/c1-3-4-8-23(29)19-6-5-7-21(15-19)27-25-26-12-11-24(28-25)30-22-10-9-18-13-17(2)14-20(18)16-22/h5-7,9-12,14-16H,3-4,8,13H2,1-2H3,(H,26,27,28). The van der Waals surface area contributed by atoms with Crippen molar-refractivity contribution < 1.29 is 9.53 Å². The third-order valence-electron chi connectivity index (χ3n) is 5.04. The highest BCUT2D eigenvalue weighted by atomic mass is 16.5. The van der Waals surface area contributed by atoms with E-state index in [2.05, 4.69) is 41.3 Å². The van der Waals surface area contributed by atoms with Crippen molar-refractivity contribution in [3.8, 4) is 11.6 Å². The minimum absolute atomic E-state index is 0.152. The normalized spacial score (nSPS) is 12.3. The van der Waals surface area contributed by atoms with E-state index in [-0.39, 0.29) is 5.78 Å². The zero-order chi connectivity index (χ0) is 20.9. The van der Waals surface area contributed by atoms with E-state index in [4.69, 9.17) is 4.74 Å². The fourth-order valence-electron chi connectivity index (χ4n) is 3.51. The van der Waals surface area contributed by atoms with Gasteiger partial charge in [-0.2, -0.15) is 4.98 Å². The fourth-order valence-corrected chi connectivity index (χ4v) is 3.51. The maximum atomic E-state index is 12.3. The average molecular weight is 399 g/mol. The summed E-state index contributed by atoms with van der Waals surface area (Å²) in [6.45, 7) is 4.22. The number of fused-ring (bicyclic) bond motifs is 1. The number of ether oxygens (including phenoxy) is 1. The van der Waals surface area contributed by atoms with Crippen molar-refractivity contribution in [2.45, 2.75) is 39.5 Å². The summed E-state index contributed by atoms with van der Waals surface area (Å²) in [6, 6.07) is 15.3. The quantitative estimate of drug-likeness (QED) is 0.447. The Labute approximate surface area is 176 Å². The summed E-state index contributed by atoms with van der Waals surface area (Å²) in [6.07, 6.45) is 7.30. The van der Waals surface area contributed by atoms with E-state index in [1.54, 1.807) is 12.3 Å². The number of hydrogen-bond acceptors (Lipinski definition) is 5. The lowest BCUT2D eigenvalue weighted by molar-refractivity contribution is 0.0980. The second-order valence-electron chi connectivity index (χ2n) is 7.58. The summed E-state index contributed by atoms with van der Waals surface area (Å²) in [5.74, 6) is 1.77. The minimum atomic E-state index is 0.152. The predicted octanol–water partition coefficient (Wildman–Crippen LogP) is 6.34. The van der Waals surface area contributed by atoms with Crippen LogP contribution >= 0.6 is 0 Å². The van der Waals surface area contributed by atoms with E-state index in [9.17, 15) is 4.79 Å². The number of Topliss-reactive ketones (excluding diaryl/α,β-unsaturated/α-hetero) is 1. The molecular weight excluding hydrogens is 374 g/mol. The maximum absolute atomic E-state index is 12.3. The third-order valence-corrected chi connectivity index (χ3v) is 5.04. The first-order valence-corrected chi connectivity index (χ1v) is 10.3. The van der Waals surface area contributed by atoms with Gasteiger partial charge in [0.2, 0.25) is 11.8 Å².